The Balaban J connectivity index is 1.53. The summed E-state index contributed by atoms with van der Waals surface area (Å²) in [4.78, 5) is 22.3. The van der Waals surface area contributed by atoms with E-state index in [0.29, 0.717) is 28.1 Å². The molecule has 31 heavy (non-hydrogen) atoms. The van der Waals surface area contributed by atoms with Crippen molar-refractivity contribution in [3.05, 3.63) is 41.1 Å². The van der Waals surface area contributed by atoms with Crippen molar-refractivity contribution in [3.8, 4) is 11.8 Å². The van der Waals surface area contributed by atoms with Crippen LogP contribution in [-0.4, -0.2) is 28.2 Å². The molecule has 3 aromatic rings. The Morgan fingerprint density at radius 2 is 2.26 bits per heavy atom. The summed E-state index contributed by atoms with van der Waals surface area (Å²) in [5, 5.41) is 13.4. The molecule has 6 nitrogen and oxygen atoms in total. The number of rotatable bonds is 6. The number of anilines is 1. The third kappa shape index (κ3) is 4.68. The molecule has 0 aliphatic heterocycles. The van der Waals surface area contributed by atoms with Crippen LogP contribution in [0.4, 0.5) is 5.13 Å². The van der Waals surface area contributed by atoms with Gasteiger partial charge in [0.05, 0.1) is 28.1 Å². The number of thiazole rings is 1. The van der Waals surface area contributed by atoms with E-state index in [4.69, 9.17) is 9.72 Å². The molecule has 1 aromatic carbocycles. The van der Waals surface area contributed by atoms with Crippen molar-refractivity contribution in [1.29, 1.82) is 5.26 Å². The van der Waals surface area contributed by atoms with Gasteiger partial charge in [0.25, 0.3) is 0 Å². The fraction of sp³-hybridized carbons (Fsp3) is 0.391. The number of nitriles is 1. The van der Waals surface area contributed by atoms with Gasteiger partial charge in [-0.1, -0.05) is 36.9 Å². The minimum absolute atomic E-state index is 0.129. The number of pyridine rings is 1. The van der Waals surface area contributed by atoms with E-state index in [1.165, 1.54) is 28.7 Å². The van der Waals surface area contributed by atoms with Crippen LogP contribution in [0.1, 0.15) is 43.5 Å². The lowest BCUT2D eigenvalue weighted by atomic mass is 9.87. The molecule has 8 heteroatoms. The van der Waals surface area contributed by atoms with Crippen molar-refractivity contribution in [2.45, 2.75) is 49.8 Å². The molecule has 0 fully saturated rings. The van der Waals surface area contributed by atoms with Crippen LogP contribution < -0.4 is 10.1 Å². The van der Waals surface area contributed by atoms with Gasteiger partial charge in [-0.3, -0.25) is 4.79 Å². The molecule has 0 saturated heterocycles. The van der Waals surface area contributed by atoms with Crippen molar-refractivity contribution < 1.29 is 9.53 Å². The summed E-state index contributed by atoms with van der Waals surface area (Å²) in [7, 11) is 1.62. The number of amides is 1. The van der Waals surface area contributed by atoms with Crippen LogP contribution in [0.2, 0.25) is 0 Å². The number of fused-ring (bicyclic) bond motifs is 2. The number of ether oxygens (including phenoxy) is 1. The number of hydrogen-bond acceptors (Lipinski definition) is 7. The SMILES string of the molecule is CCC(Sc1nc2c(cc1C#N)CC(C)CC2)C(=O)Nc1nc2ccc(OC)cc2s1. The summed E-state index contributed by atoms with van der Waals surface area (Å²) >= 11 is 2.78. The van der Waals surface area contributed by atoms with Crippen molar-refractivity contribution in [1.82, 2.24) is 9.97 Å². The van der Waals surface area contributed by atoms with Gasteiger partial charge in [-0.15, -0.1) is 0 Å². The highest BCUT2D eigenvalue weighted by atomic mass is 32.2. The molecule has 2 unspecified atom stereocenters. The number of carbonyl (C=O) groups excluding carboxylic acids is 1. The standard InChI is InChI=1S/C23H24N4O2S2/c1-4-19(21(28)27-23-26-18-8-6-16(29-3)11-20(18)31-23)30-22-15(12-24)10-14-9-13(2)5-7-17(14)25-22/h6,8,10-11,13,19H,4-5,7,9H2,1-3H3,(H,26,27,28). The Morgan fingerprint density at radius 1 is 1.42 bits per heavy atom. The highest BCUT2D eigenvalue weighted by Gasteiger charge is 2.24. The van der Waals surface area contributed by atoms with E-state index >= 15 is 0 Å². The first-order valence-corrected chi connectivity index (χ1v) is 12.0. The van der Waals surface area contributed by atoms with Crippen LogP contribution in [0.15, 0.2) is 29.3 Å². The normalized spacial score (nSPS) is 16.4. The van der Waals surface area contributed by atoms with Gasteiger partial charge in [0.1, 0.15) is 16.8 Å². The molecule has 4 rings (SSSR count). The van der Waals surface area contributed by atoms with E-state index in [9.17, 15) is 10.1 Å². The van der Waals surface area contributed by atoms with Crippen molar-refractivity contribution in [3.63, 3.8) is 0 Å². The molecule has 2 aromatic heterocycles. The fourth-order valence-corrected chi connectivity index (χ4v) is 5.62. The van der Waals surface area contributed by atoms with E-state index in [0.717, 1.165) is 40.9 Å². The number of benzene rings is 1. The van der Waals surface area contributed by atoms with Gasteiger partial charge in [-0.25, -0.2) is 9.97 Å². The minimum atomic E-state index is -0.360. The maximum absolute atomic E-state index is 13.0. The van der Waals surface area contributed by atoms with Gasteiger partial charge >= 0.3 is 0 Å². The van der Waals surface area contributed by atoms with Gasteiger partial charge in [0, 0.05) is 5.69 Å². The predicted octanol–water partition coefficient (Wildman–Crippen LogP) is 5.21. The molecule has 1 amide bonds. The molecule has 160 valence electrons. The Morgan fingerprint density at radius 3 is 3.00 bits per heavy atom. The number of nitrogens with zero attached hydrogens (tertiary/aromatic N) is 3. The molecule has 0 radical (unpaired) electrons. The average molecular weight is 453 g/mol. The predicted molar refractivity (Wildman–Crippen MR) is 125 cm³/mol. The van der Waals surface area contributed by atoms with Crippen LogP contribution in [0, 0.1) is 17.2 Å². The Kier molecular flexibility index (Phi) is 6.44. The summed E-state index contributed by atoms with van der Waals surface area (Å²) in [6.07, 6.45) is 3.61. The third-order valence-corrected chi connectivity index (χ3v) is 7.76. The number of aryl methyl sites for hydroxylation is 1. The molecular formula is C23H24N4O2S2. The van der Waals surface area contributed by atoms with E-state index in [1.807, 2.05) is 31.2 Å². The molecule has 1 aliphatic rings. The van der Waals surface area contributed by atoms with E-state index in [-0.39, 0.29) is 11.2 Å². The first-order chi connectivity index (χ1) is 15.0. The maximum atomic E-state index is 13.0. The van der Waals surface area contributed by atoms with E-state index in [1.54, 1.807) is 7.11 Å². The Bertz CT molecular complexity index is 1170. The largest absolute Gasteiger partial charge is 0.497 e. The number of methoxy groups -OCH3 is 1. The van der Waals surface area contributed by atoms with Crippen molar-refractivity contribution in [2.75, 3.05) is 12.4 Å². The van der Waals surface area contributed by atoms with E-state index in [2.05, 4.69) is 23.3 Å². The molecule has 0 bridgehead atoms. The smallest absolute Gasteiger partial charge is 0.239 e. The summed E-state index contributed by atoms with van der Waals surface area (Å²) in [6.45, 7) is 4.19. The lowest BCUT2D eigenvalue weighted by molar-refractivity contribution is -0.115. The van der Waals surface area contributed by atoms with Crippen molar-refractivity contribution >= 4 is 44.4 Å². The first-order valence-electron chi connectivity index (χ1n) is 10.4. The molecule has 0 saturated carbocycles. The second kappa shape index (κ2) is 9.25. The summed E-state index contributed by atoms with van der Waals surface area (Å²) in [5.41, 5.74) is 3.60. The minimum Gasteiger partial charge on any atom is -0.497 e. The van der Waals surface area contributed by atoms with Gasteiger partial charge in [-0.05, 0) is 61.4 Å². The van der Waals surface area contributed by atoms with Crippen molar-refractivity contribution in [2.24, 2.45) is 5.92 Å². The molecule has 1 aliphatic carbocycles. The number of aromatic nitrogens is 2. The second-order valence-corrected chi connectivity index (χ2v) is 9.99. The van der Waals surface area contributed by atoms with Crippen LogP contribution >= 0.6 is 23.1 Å². The quantitative estimate of drug-likeness (QED) is 0.517. The lowest BCUT2D eigenvalue weighted by Crippen LogP contribution is -2.25. The van der Waals surface area contributed by atoms with E-state index < -0.39 is 0 Å². The Labute approximate surface area is 190 Å². The molecule has 0 spiro atoms. The van der Waals surface area contributed by atoms with Crippen LogP contribution in [-0.2, 0) is 17.6 Å². The highest BCUT2D eigenvalue weighted by molar-refractivity contribution is 8.00. The lowest BCUT2D eigenvalue weighted by Gasteiger charge is -2.22. The third-order valence-electron chi connectivity index (χ3n) is 5.46. The molecule has 2 heterocycles. The fourth-order valence-electron chi connectivity index (χ4n) is 3.73. The van der Waals surface area contributed by atoms with Gasteiger partial charge in [0.2, 0.25) is 5.91 Å². The second-order valence-electron chi connectivity index (χ2n) is 7.76. The Hall–Kier alpha value is -2.63. The van der Waals surface area contributed by atoms with Crippen LogP contribution in [0.25, 0.3) is 10.2 Å². The highest BCUT2D eigenvalue weighted by Crippen LogP contribution is 2.34. The first kappa shape index (κ1) is 21.6. The molecule has 2 atom stereocenters. The molecule has 1 N–H and O–H groups in total. The van der Waals surface area contributed by atoms with Gasteiger partial charge in [-0.2, -0.15) is 5.26 Å². The monoisotopic (exact) mass is 452 g/mol. The zero-order chi connectivity index (χ0) is 22.0. The molecular weight excluding hydrogens is 428 g/mol. The van der Waals surface area contributed by atoms with Gasteiger partial charge < -0.3 is 10.1 Å². The summed E-state index contributed by atoms with van der Waals surface area (Å²) < 4.78 is 6.21. The zero-order valence-corrected chi connectivity index (χ0v) is 19.4. The number of thioether (sulfide) groups is 1. The maximum Gasteiger partial charge on any atom is 0.239 e. The summed E-state index contributed by atoms with van der Waals surface area (Å²) in [5.74, 6) is 1.24. The number of hydrogen-bond donors (Lipinski definition) is 1. The van der Waals surface area contributed by atoms with Gasteiger partial charge in [0.15, 0.2) is 5.13 Å². The average Bonchev–Trinajstić information content (AvgIpc) is 3.17. The zero-order valence-electron chi connectivity index (χ0n) is 17.8. The summed E-state index contributed by atoms with van der Waals surface area (Å²) in [6, 6.07) is 9.87. The number of nitrogens with one attached hydrogen (secondary N) is 1. The number of carbonyl (C=O) groups is 1. The van der Waals surface area contributed by atoms with Crippen LogP contribution in [0.3, 0.4) is 0 Å². The van der Waals surface area contributed by atoms with Crippen LogP contribution in [0.5, 0.6) is 5.75 Å². The topological polar surface area (TPSA) is 87.9 Å².